The van der Waals surface area contributed by atoms with Crippen molar-refractivity contribution in [3.05, 3.63) is 68.7 Å². The molecule has 0 aliphatic heterocycles. The van der Waals surface area contributed by atoms with Crippen LogP contribution in [-0.4, -0.2) is 0 Å². The molecule has 0 aliphatic rings. The molecule has 2 heteroatoms. The van der Waals surface area contributed by atoms with Crippen LogP contribution in [0.1, 0.15) is 38.2 Å². The maximum atomic E-state index is 6.23. The molecule has 19 heavy (non-hydrogen) atoms. The highest BCUT2D eigenvalue weighted by atomic mass is 79.9. The summed E-state index contributed by atoms with van der Waals surface area (Å²) in [6.07, 6.45) is 0. The Kier molecular flexibility index (Phi) is 4.37. The van der Waals surface area contributed by atoms with E-state index in [9.17, 15) is 0 Å². The lowest BCUT2D eigenvalue weighted by molar-refractivity contribution is 1.08. The molecule has 0 bridgehead atoms. The van der Waals surface area contributed by atoms with Gasteiger partial charge in [0.1, 0.15) is 0 Å². The van der Waals surface area contributed by atoms with Gasteiger partial charge in [-0.25, -0.2) is 0 Å². The molecule has 2 aromatic carbocycles. The third-order valence-electron chi connectivity index (χ3n) is 3.57. The number of rotatable bonds is 2. The van der Waals surface area contributed by atoms with Gasteiger partial charge in [-0.05, 0) is 61.6 Å². The molecule has 0 radical (unpaired) electrons. The molecule has 0 heterocycles. The fourth-order valence-electron chi connectivity index (χ4n) is 2.65. The lowest BCUT2D eigenvalue weighted by Crippen LogP contribution is -2.02. The van der Waals surface area contributed by atoms with E-state index in [1.54, 1.807) is 0 Å². The highest BCUT2D eigenvalue weighted by Gasteiger charge is 2.18. The van der Waals surface area contributed by atoms with Crippen LogP contribution in [0.5, 0.6) is 0 Å². The molecule has 0 saturated heterocycles. The van der Waals surface area contributed by atoms with Gasteiger partial charge in [0.05, 0.1) is 4.83 Å². The Morgan fingerprint density at radius 1 is 1.00 bits per heavy atom. The van der Waals surface area contributed by atoms with Gasteiger partial charge in [0.2, 0.25) is 0 Å². The third kappa shape index (κ3) is 2.88. The summed E-state index contributed by atoms with van der Waals surface area (Å²) in [5.41, 5.74) is 7.67. The first-order valence-corrected chi connectivity index (χ1v) is 7.68. The first-order valence-electron chi connectivity index (χ1n) is 6.38. The molecule has 0 saturated carbocycles. The summed E-state index contributed by atoms with van der Waals surface area (Å²) in [5.74, 6) is 0. The number of halogens is 2. The molecule has 1 unspecified atom stereocenters. The van der Waals surface area contributed by atoms with Crippen LogP contribution >= 0.6 is 27.5 Å². The van der Waals surface area contributed by atoms with E-state index in [1.807, 2.05) is 12.1 Å². The summed E-state index contributed by atoms with van der Waals surface area (Å²) in [4.78, 5) is 0.187. The molecule has 1 atom stereocenters. The Labute approximate surface area is 128 Å². The topological polar surface area (TPSA) is 0 Å². The van der Waals surface area contributed by atoms with Crippen molar-refractivity contribution in [3.63, 3.8) is 0 Å². The normalized spacial score (nSPS) is 12.5. The van der Waals surface area contributed by atoms with Crippen molar-refractivity contribution in [2.24, 2.45) is 0 Å². The summed E-state index contributed by atoms with van der Waals surface area (Å²) >= 11 is 10.1. The van der Waals surface area contributed by atoms with Gasteiger partial charge in [-0.1, -0.05) is 57.4 Å². The first kappa shape index (κ1) is 14.6. The van der Waals surface area contributed by atoms with Crippen molar-refractivity contribution < 1.29 is 0 Å². The summed E-state index contributed by atoms with van der Waals surface area (Å²) < 4.78 is 0. The van der Waals surface area contributed by atoms with E-state index in [-0.39, 0.29) is 4.83 Å². The second-order valence-corrected chi connectivity index (χ2v) is 6.45. The van der Waals surface area contributed by atoms with Gasteiger partial charge >= 0.3 is 0 Å². The molecule has 100 valence electrons. The minimum absolute atomic E-state index is 0.187. The van der Waals surface area contributed by atoms with E-state index >= 15 is 0 Å². The van der Waals surface area contributed by atoms with Crippen LogP contribution < -0.4 is 0 Å². The molecule has 0 spiro atoms. The van der Waals surface area contributed by atoms with Crippen molar-refractivity contribution in [2.45, 2.75) is 32.5 Å². The highest BCUT2D eigenvalue weighted by Crippen LogP contribution is 2.38. The smallest absolute Gasteiger partial charge is 0.0652 e. The molecule has 0 aromatic heterocycles. The van der Waals surface area contributed by atoms with E-state index in [4.69, 9.17) is 11.6 Å². The van der Waals surface area contributed by atoms with Crippen LogP contribution in [0.4, 0.5) is 0 Å². The molecule has 2 rings (SSSR count). The molecule has 0 nitrogen and oxygen atoms in total. The van der Waals surface area contributed by atoms with Crippen LogP contribution in [0.25, 0.3) is 0 Å². The van der Waals surface area contributed by atoms with Crippen molar-refractivity contribution >= 4 is 27.5 Å². The van der Waals surface area contributed by atoms with E-state index in [2.05, 4.69) is 61.8 Å². The maximum absolute atomic E-state index is 6.23. The van der Waals surface area contributed by atoms with Crippen LogP contribution in [-0.2, 0) is 0 Å². The third-order valence-corrected chi connectivity index (χ3v) is 4.93. The number of alkyl halides is 1. The first-order chi connectivity index (χ1) is 8.91. The second kappa shape index (κ2) is 5.68. The zero-order chi connectivity index (χ0) is 14.2. The Hall–Kier alpha value is -0.790. The van der Waals surface area contributed by atoms with E-state index in [1.165, 1.54) is 27.8 Å². The Morgan fingerprint density at radius 3 is 2.16 bits per heavy atom. The highest BCUT2D eigenvalue weighted by molar-refractivity contribution is 9.09. The summed E-state index contributed by atoms with van der Waals surface area (Å²) in [7, 11) is 0. The zero-order valence-corrected chi connectivity index (χ0v) is 14.1. The average Bonchev–Trinajstić information content (AvgIpc) is 2.31. The minimum atomic E-state index is 0.187. The summed E-state index contributed by atoms with van der Waals surface area (Å²) in [5, 5.41) is 0.823. The van der Waals surface area contributed by atoms with Gasteiger partial charge < -0.3 is 0 Å². The molecule has 0 fully saturated rings. The minimum Gasteiger partial charge on any atom is -0.0840 e. The fraction of sp³-hybridized carbons (Fsp3) is 0.294. The average molecular weight is 338 g/mol. The summed E-state index contributed by atoms with van der Waals surface area (Å²) in [6, 6.07) is 10.6. The monoisotopic (exact) mass is 336 g/mol. The van der Waals surface area contributed by atoms with Crippen molar-refractivity contribution in [1.29, 1.82) is 0 Å². The van der Waals surface area contributed by atoms with Crippen molar-refractivity contribution in [3.8, 4) is 0 Å². The molecule has 0 N–H and O–H groups in total. The van der Waals surface area contributed by atoms with Crippen LogP contribution in [0.15, 0.2) is 30.3 Å². The lowest BCUT2D eigenvalue weighted by atomic mass is 9.92. The molecule has 0 aliphatic carbocycles. The fourth-order valence-corrected chi connectivity index (χ4v) is 4.05. The Bertz CT molecular complexity index is 594. The predicted octanol–water partition coefficient (Wildman–Crippen LogP) is 6.06. The standard InChI is InChI=1S/C17H18BrCl/c1-10-8-11(2)16(12(3)9-10)17(18)14-6-5-7-15(19)13(14)4/h5-9,17H,1-4H3. The molecular weight excluding hydrogens is 320 g/mol. The number of hydrogen-bond acceptors (Lipinski definition) is 0. The second-order valence-electron chi connectivity index (χ2n) is 5.13. The predicted molar refractivity (Wildman–Crippen MR) is 87.6 cm³/mol. The Morgan fingerprint density at radius 2 is 1.58 bits per heavy atom. The molecule has 2 aromatic rings. The number of benzene rings is 2. The maximum Gasteiger partial charge on any atom is 0.0652 e. The van der Waals surface area contributed by atoms with E-state index in [0.717, 1.165) is 10.6 Å². The zero-order valence-electron chi connectivity index (χ0n) is 11.7. The van der Waals surface area contributed by atoms with Gasteiger partial charge in [-0.2, -0.15) is 0 Å². The summed E-state index contributed by atoms with van der Waals surface area (Å²) in [6.45, 7) is 8.55. The van der Waals surface area contributed by atoms with Gasteiger partial charge in [0.15, 0.2) is 0 Å². The van der Waals surface area contributed by atoms with Gasteiger partial charge in [-0.15, -0.1) is 0 Å². The van der Waals surface area contributed by atoms with Gasteiger partial charge in [0.25, 0.3) is 0 Å². The van der Waals surface area contributed by atoms with Crippen molar-refractivity contribution in [2.75, 3.05) is 0 Å². The SMILES string of the molecule is Cc1cc(C)c(C(Br)c2cccc(Cl)c2C)c(C)c1. The van der Waals surface area contributed by atoms with Crippen LogP contribution in [0.3, 0.4) is 0 Å². The van der Waals surface area contributed by atoms with Crippen LogP contribution in [0.2, 0.25) is 5.02 Å². The molecule has 0 amide bonds. The lowest BCUT2D eigenvalue weighted by Gasteiger charge is -2.19. The van der Waals surface area contributed by atoms with Gasteiger partial charge in [0, 0.05) is 5.02 Å². The van der Waals surface area contributed by atoms with Crippen LogP contribution in [0, 0.1) is 27.7 Å². The van der Waals surface area contributed by atoms with Gasteiger partial charge in [-0.3, -0.25) is 0 Å². The number of hydrogen-bond donors (Lipinski definition) is 0. The largest absolute Gasteiger partial charge is 0.0840 e. The Balaban J connectivity index is 2.56. The van der Waals surface area contributed by atoms with E-state index < -0.39 is 0 Å². The van der Waals surface area contributed by atoms with E-state index in [0.29, 0.717) is 0 Å². The molecular formula is C17H18BrCl. The quantitative estimate of drug-likeness (QED) is 0.584. The van der Waals surface area contributed by atoms with Crippen molar-refractivity contribution in [1.82, 2.24) is 0 Å². The number of aryl methyl sites for hydroxylation is 3.